The van der Waals surface area contributed by atoms with Crippen molar-refractivity contribution in [3.05, 3.63) is 60.3 Å². The molecule has 0 bridgehead atoms. The van der Waals surface area contributed by atoms with Gasteiger partial charge in [-0.1, -0.05) is 30.8 Å². The first-order valence-electron chi connectivity index (χ1n) is 12.8. The Morgan fingerprint density at radius 2 is 1.95 bits per heavy atom. The summed E-state index contributed by atoms with van der Waals surface area (Å²) in [4.78, 5) is 28.1. The zero-order valence-corrected chi connectivity index (χ0v) is 21.5. The van der Waals surface area contributed by atoms with Gasteiger partial charge in [0.2, 0.25) is 5.91 Å². The van der Waals surface area contributed by atoms with Crippen molar-refractivity contribution in [3.63, 3.8) is 0 Å². The maximum atomic E-state index is 12.1. The average Bonchev–Trinajstić information content (AvgIpc) is 2.91. The Labute approximate surface area is 217 Å². The number of aromatic hydroxyl groups is 1. The van der Waals surface area contributed by atoms with Crippen LogP contribution in [0.15, 0.2) is 49.1 Å². The van der Waals surface area contributed by atoms with Gasteiger partial charge in [-0.3, -0.25) is 4.79 Å². The van der Waals surface area contributed by atoms with Gasteiger partial charge in [-0.15, -0.1) is 0 Å². The van der Waals surface area contributed by atoms with E-state index in [4.69, 9.17) is 14.7 Å². The quantitative estimate of drug-likeness (QED) is 0.477. The molecule has 2 N–H and O–H groups in total. The molecule has 1 saturated heterocycles. The second-order valence-electron chi connectivity index (χ2n) is 9.62. The number of carbonyl (C=O) groups excluding carboxylic acids is 1. The van der Waals surface area contributed by atoms with Crippen LogP contribution in [0.25, 0.3) is 10.8 Å². The second-order valence-corrected chi connectivity index (χ2v) is 9.62. The van der Waals surface area contributed by atoms with Gasteiger partial charge >= 0.3 is 6.01 Å². The van der Waals surface area contributed by atoms with Gasteiger partial charge in [-0.05, 0) is 37.9 Å². The number of anilines is 2. The number of ether oxygens (including phenoxy) is 1. The number of amides is 1. The Balaban J connectivity index is 1.48. The maximum Gasteiger partial charge on any atom is 0.318 e. The highest BCUT2D eigenvalue weighted by Gasteiger charge is 2.29. The number of hydrogen-bond acceptors (Lipinski definition) is 8. The van der Waals surface area contributed by atoms with E-state index in [2.05, 4.69) is 27.8 Å². The topological polar surface area (TPSA) is 94.1 Å². The maximum absolute atomic E-state index is 12.1. The fourth-order valence-corrected chi connectivity index (χ4v) is 5.22. The van der Waals surface area contributed by atoms with Crippen molar-refractivity contribution in [2.75, 3.05) is 56.1 Å². The minimum Gasteiger partial charge on any atom is -0.508 e. The summed E-state index contributed by atoms with van der Waals surface area (Å²) < 4.78 is 6.11. The molecule has 2 aliphatic rings. The monoisotopic (exact) mass is 502 g/mol. The van der Waals surface area contributed by atoms with Gasteiger partial charge in [0.25, 0.3) is 0 Å². The van der Waals surface area contributed by atoms with Crippen molar-refractivity contribution in [3.8, 4) is 11.8 Å². The lowest BCUT2D eigenvalue weighted by Crippen LogP contribution is -2.49. The van der Waals surface area contributed by atoms with Gasteiger partial charge < -0.3 is 29.9 Å². The van der Waals surface area contributed by atoms with E-state index in [1.807, 2.05) is 43.1 Å². The lowest BCUT2D eigenvalue weighted by Gasteiger charge is -2.38. The van der Waals surface area contributed by atoms with E-state index in [0.29, 0.717) is 45.3 Å². The largest absolute Gasteiger partial charge is 0.508 e. The molecule has 1 aromatic heterocycles. The summed E-state index contributed by atoms with van der Waals surface area (Å²) in [6, 6.07) is 12.1. The molecule has 1 amide bonds. The van der Waals surface area contributed by atoms with E-state index < -0.39 is 0 Å². The van der Waals surface area contributed by atoms with Crippen molar-refractivity contribution in [1.82, 2.24) is 20.2 Å². The zero-order chi connectivity index (χ0) is 25.9. The Morgan fingerprint density at radius 1 is 1.16 bits per heavy atom. The Bertz CT molecular complexity index is 1300. The van der Waals surface area contributed by atoms with Gasteiger partial charge in [0.15, 0.2) is 0 Å². The normalized spacial score (nSPS) is 16.4. The Kier molecular flexibility index (Phi) is 7.14. The first-order valence-corrected chi connectivity index (χ1v) is 12.8. The molecule has 0 saturated carbocycles. The molecule has 3 aromatic rings. The van der Waals surface area contributed by atoms with Crippen LogP contribution in [0.3, 0.4) is 0 Å². The second kappa shape index (κ2) is 10.6. The predicted octanol–water partition coefficient (Wildman–Crippen LogP) is 2.72. The van der Waals surface area contributed by atoms with Crippen LogP contribution in [0.1, 0.15) is 18.2 Å². The lowest BCUT2D eigenvalue weighted by atomic mass is 10.0. The third-order valence-corrected chi connectivity index (χ3v) is 7.05. The van der Waals surface area contributed by atoms with E-state index >= 15 is 0 Å². The number of phenolic OH excluding ortho intramolecular Hbond substituents is 1. The summed E-state index contributed by atoms with van der Waals surface area (Å²) in [6.07, 6.45) is 2.05. The molecule has 9 nitrogen and oxygen atoms in total. The minimum atomic E-state index is -0.0901. The first kappa shape index (κ1) is 24.8. The summed E-state index contributed by atoms with van der Waals surface area (Å²) >= 11 is 0. The molecule has 9 heteroatoms. The van der Waals surface area contributed by atoms with E-state index in [1.165, 1.54) is 6.08 Å². The highest BCUT2D eigenvalue weighted by Crippen LogP contribution is 2.36. The molecule has 1 atom stereocenters. The molecule has 5 rings (SSSR count). The number of nitrogens with zero attached hydrogens (tertiary/aromatic N) is 5. The third-order valence-electron chi connectivity index (χ3n) is 7.05. The molecule has 194 valence electrons. The van der Waals surface area contributed by atoms with Gasteiger partial charge in [-0.2, -0.15) is 9.97 Å². The van der Waals surface area contributed by atoms with Crippen molar-refractivity contribution >= 4 is 28.2 Å². The SMILES string of the molecule is C=CC(=O)N1CCN(c2nc(OC(C)CNC)nc3c2CCN(c2cc(O)cc4ccccc24)C3)CC1. The number of benzene rings is 2. The van der Waals surface area contributed by atoms with E-state index in [9.17, 15) is 9.90 Å². The van der Waals surface area contributed by atoms with Crippen LogP contribution < -0.4 is 19.9 Å². The number of hydrogen-bond donors (Lipinski definition) is 2. The molecular weight excluding hydrogens is 468 g/mol. The summed E-state index contributed by atoms with van der Waals surface area (Å²) in [7, 11) is 1.89. The number of rotatable bonds is 7. The molecule has 37 heavy (non-hydrogen) atoms. The summed E-state index contributed by atoms with van der Waals surface area (Å²) in [5, 5.41) is 15.6. The number of carbonyl (C=O) groups is 1. The summed E-state index contributed by atoms with van der Waals surface area (Å²) in [5.41, 5.74) is 3.04. The van der Waals surface area contributed by atoms with Crippen LogP contribution in [-0.2, 0) is 17.8 Å². The molecule has 0 radical (unpaired) electrons. The van der Waals surface area contributed by atoms with Crippen molar-refractivity contribution in [1.29, 1.82) is 0 Å². The molecule has 1 fully saturated rings. The number of aromatic nitrogens is 2. The number of piperazine rings is 1. The lowest BCUT2D eigenvalue weighted by molar-refractivity contribution is -0.126. The molecule has 1 unspecified atom stereocenters. The highest BCUT2D eigenvalue weighted by atomic mass is 16.5. The fourth-order valence-electron chi connectivity index (χ4n) is 5.22. The Hall–Kier alpha value is -3.85. The van der Waals surface area contributed by atoms with Crippen LogP contribution >= 0.6 is 0 Å². The fraction of sp³-hybridized carbons (Fsp3) is 0.393. The van der Waals surface area contributed by atoms with E-state index in [1.54, 1.807) is 6.07 Å². The van der Waals surface area contributed by atoms with Gasteiger partial charge in [0.1, 0.15) is 17.7 Å². The standard InChI is InChI=1S/C28H34N6O3/c1-4-26(36)32-11-13-33(14-12-32)27-23-9-10-34(18-24(23)30-28(31-27)37-19(2)17-29-3)25-16-21(35)15-20-7-5-6-8-22(20)25/h4-8,15-16,19,29,35H,1,9-14,17-18H2,2-3H3. The van der Waals surface area contributed by atoms with Crippen molar-refractivity contribution in [2.45, 2.75) is 26.0 Å². The van der Waals surface area contributed by atoms with Crippen LogP contribution in [-0.4, -0.2) is 78.3 Å². The zero-order valence-electron chi connectivity index (χ0n) is 21.5. The van der Waals surface area contributed by atoms with Crippen molar-refractivity contribution < 1.29 is 14.6 Å². The van der Waals surface area contributed by atoms with Crippen LogP contribution in [0, 0.1) is 0 Å². The molecule has 2 aliphatic heterocycles. The van der Waals surface area contributed by atoms with Gasteiger partial charge in [-0.25, -0.2) is 0 Å². The summed E-state index contributed by atoms with van der Waals surface area (Å²) in [5.74, 6) is 1.10. The number of likely N-dealkylation sites (N-methyl/N-ethyl adjacent to an activating group) is 1. The molecule has 0 spiro atoms. The van der Waals surface area contributed by atoms with Gasteiger partial charge in [0.05, 0.1) is 12.2 Å². The number of fused-ring (bicyclic) bond motifs is 2. The number of phenols is 1. The first-order chi connectivity index (χ1) is 18.0. The third kappa shape index (κ3) is 5.17. The van der Waals surface area contributed by atoms with Crippen molar-refractivity contribution in [2.24, 2.45) is 0 Å². The van der Waals surface area contributed by atoms with E-state index in [-0.39, 0.29) is 17.8 Å². The molecule has 3 heterocycles. The van der Waals surface area contributed by atoms with Crippen LogP contribution in [0.5, 0.6) is 11.8 Å². The van der Waals surface area contributed by atoms with Crippen LogP contribution in [0.2, 0.25) is 0 Å². The minimum absolute atomic E-state index is 0.0386. The Morgan fingerprint density at radius 3 is 2.70 bits per heavy atom. The van der Waals surface area contributed by atoms with Crippen LogP contribution in [0.4, 0.5) is 11.5 Å². The average molecular weight is 503 g/mol. The smallest absolute Gasteiger partial charge is 0.318 e. The van der Waals surface area contributed by atoms with Gasteiger partial charge in [0, 0.05) is 62.0 Å². The summed E-state index contributed by atoms with van der Waals surface area (Å²) in [6.45, 7) is 10.3. The predicted molar refractivity (Wildman–Crippen MR) is 145 cm³/mol. The number of nitrogens with one attached hydrogen (secondary N) is 1. The molecule has 0 aliphatic carbocycles. The molecular formula is C28H34N6O3. The highest BCUT2D eigenvalue weighted by molar-refractivity contribution is 5.95. The molecule has 2 aromatic carbocycles. The van der Waals surface area contributed by atoms with E-state index in [0.717, 1.165) is 46.5 Å².